The van der Waals surface area contributed by atoms with E-state index >= 15 is 0 Å². The standard InChI is InChI=1S/C14H15N2P/c1-11-10-17(9-5-7-15)14(12(11)2)13-6-3-4-8-16-13/h3-4,6,8,10H,5,9H2,1-2H3. The van der Waals surface area contributed by atoms with E-state index in [0.29, 0.717) is 6.42 Å². The summed E-state index contributed by atoms with van der Waals surface area (Å²) in [6.07, 6.45) is 3.41. The Morgan fingerprint density at radius 1 is 1.35 bits per heavy atom. The van der Waals surface area contributed by atoms with Gasteiger partial charge in [0.1, 0.15) is 0 Å². The summed E-state index contributed by atoms with van der Waals surface area (Å²) in [5.74, 6) is 2.33. The van der Waals surface area contributed by atoms with Crippen LogP contribution in [0.2, 0.25) is 0 Å². The summed E-state index contributed by atoms with van der Waals surface area (Å²) < 4.78 is 0. The van der Waals surface area contributed by atoms with Crippen LogP contribution in [0.1, 0.15) is 17.5 Å². The molecule has 1 unspecified atom stereocenters. The van der Waals surface area contributed by atoms with E-state index in [1.54, 1.807) is 0 Å². The van der Waals surface area contributed by atoms with E-state index in [9.17, 15) is 0 Å². The van der Waals surface area contributed by atoms with Gasteiger partial charge in [0.25, 0.3) is 0 Å². The molecule has 2 nitrogen and oxygen atoms in total. The first-order valence-corrected chi connectivity index (χ1v) is 7.28. The largest absolute Gasteiger partial charge is 0.256 e. The Bertz CT molecular complexity index is 550. The predicted octanol–water partition coefficient (Wildman–Crippen LogP) is 4.27. The topological polar surface area (TPSA) is 36.7 Å². The maximum Gasteiger partial charge on any atom is 0.0744 e. The highest BCUT2D eigenvalue weighted by molar-refractivity contribution is 7.51. The molecule has 2 aromatic heterocycles. The van der Waals surface area contributed by atoms with Crippen molar-refractivity contribution in [2.45, 2.75) is 26.4 Å². The molecule has 0 aliphatic carbocycles. The number of rotatable bonds is 3. The third-order valence-corrected chi connectivity index (χ3v) is 5.50. The monoisotopic (exact) mass is 242 g/mol. The summed E-state index contributed by atoms with van der Waals surface area (Å²) in [7, 11) is -0.337. The van der Waals surface area contributed by atoms with Gasteiger partial charge in [0.2, 0.25) is 0 Å². The molecule has 0 radical (unpaired) electrons. The van der Waals surface area contributed by atoms with Crippen molar-refractivity contribution in [1.82, 2.24) is 4.98 Å². The lowest BCUT2D eigenvalue weighted by atomic mass is 10.1. The van der Waals surface area contributed by atoms with Crippen molar-refractivity contribution in [3.8, 4) is 17.1 Å². The van der Waals surface area contributed by atoms with Gasteiger partial charge in [0.15, 0.2) is 0 Å². The molecule has 86 valence electrons. The van der Waals surface area contributed by atoms with Crippen LogP contribution in [0.25, 0.3) is 11.0 Å². The molecule has 2 aromatic rings. The highest BCUT2D eigenvalue weighted by Crippen LogP contribution is 2.46. The van der Waals surface area contributed by atoms with Crippen molar-refractivity contribution < 1.29 is 0 Å². The number of nitriles is 1. The maximum atomic E-state index is 8.72. The quantitative estimate of drug-likeness (QED) is 0.806. The smallest absolute Gasteiger partial charge is 0.0744 e. The maximum absolute atomic E-state index is 8.72. The molecule has 0 bridgehead atoms. The van der Waals surface area contributed by atoms with Crippen LogP contribution in [0.3, 0.4) is 0 Å². The second-order valence-electron chi connectivity index (χ2n) is 4.10. The molecule has 0 aromatic carbocycles. The van der Waals surface area contributed by atoms with Crippen molar-refractivity contribution in [3.63, 3.8) is 0 Å². The molecule has 3 heteroatoms. The molecule has 2 heterocycles. The molecule has 0 saturated heterocycles. The van der Waals surface area contributed by atoms with Gasteiger partial charge in [-0.3, -0.25) is 4.98 Å². The van der Waals surface area contributed by atoms with Crippen LogP contribution in [-0.4, -0.2) is 4.98 Å². The summed E-state index contributed by atoms with van der Waals surface area (Å²) in [5.41, 5.74) is 3.75. The van der Waals surface area contributed by atoms with Gasteiger partial charge in [-0.15, -0.1) is 7.53 Å². The van der Waals surface area contributed by atoms with Crippen LogP contribution in [0, 0.1) is 25.2 Å². The minimum absolute atomic E-state index is 0.337. The van der Waals surface area contributed by atoms with Crippen molar-refractivity contribution >= 4 is 7.53 Å². The van der Waals surface area contributed by atoms with Crippen LogP contribution < -0.4 is 0 Å². The second kappa shape index (κ2) is 5.17. The minimum Gasteiger partial charge on any atom is -0.256 e. The summed E-state index contributed by atoms with van der Waals surface area (Å²) in [4.78, 5) is 4.45. The number of aromatic nitrogens is 1. The molecule has 0 N–H and O–H groups in total. The lowest BCUT2D eigenvalue weighted by Crippen LogP contribution is -1.82. The first-order valence-electron chi connectivity index (χ1n) is 5.68. The Hall–Kier alpha value is -1.58. The highest BCUT2D eigenvalue weighted by Gasteiger charge is 2.12. The first-order chi connectivity index (χ1) is 8.24. The summed E-state index contributed by atoms with van der Waals surface area (Å²) in [6, 6.07) is 8.26. The van der Waals surface area contributed by atoms with Crippen molar-refractivity contribution in [3.05, 3.63) is 41.3 Å². The van der Waals surface area contributed by atoms with Crippen LogP contribution in [0.5, 0.6) is 0 Å². The number of hydrogen-bond donors (Lipinski definition) is 0. The van der Waals surface area contributed by atoms with Gasteiger partial charge in [0, 0.05) is 17.9 Å². The van der Waals surface area contributed by atoms with Crippen LogP contribution in [0.15, 0.2) is 30.2 Å². The molecule has 0 fully saturated rings. The summed E-state index contributed by atoms with van der Waals surface area (Å²) >= 11 is 0. The molecule has 2 rings (SSSR count). The van der Waals surface area contributed by atoms with Crippen molar-refractivity contribution in [2.75, 3.05) is 0 Å². The van der Waals surface area contributed by atoms with E-state index in [0.717, 1.165) is 11.9 Å². The van der Waals surface area contributed by atoms with Crippen molar-refractivity contribution in [1.29, 1.82) is 5.26 Å². The predicted molar refractivity (Wildman–Crippen MR) is 72.1 cm³/mol. The molecule has 1 atom stereocenters. The van der Waals surface area contributed by atoms with E-state index in [4.69, 9.17) is 5.26 Å². The van der Waals surface area contributed by atoms with E-state index < -0.39 is 0 Å². The van der Waals surface area contributed by atoms with Gasteiger partial charge in [-0.1, -0.05) is 6.07 Å². The van der Waals surface area contributed by atoms with Crippen molar-refractivity contribution in [2.24, 2.45) is 0 Å². The van der Waals surface area contributed by atoms with E-state index in [1.165, 1.54) is 16.4 Å². The Morgan fingerprint density at radius 2 is 2.18 bits per heavy atom. The second-order valence-corrected chi connectivity index (χ2v) is 6.19. The molecule has 17 heavy (non-hydrogen) atoms. The number of hydrogen-bond acceptors (Lipinski definition) is 2. The lowest BCUT2D eigenvalue weighted by Gasteiger charge is -2.05. The minimum atomic E-state index is -0.337. The van der Waals surface area contributed by atoms with Gasteiger partial charge in [0.05, 0.1) is 11.8 Å². The highest BCUT2D eigenvalue weighted by atomic mass is 31.1. The Labute approximate surface area is 103 Å². The Morgan fingerprint density at radius 3 is 2.82 bits per heavy atom. The summed E-state index contributed by atoms with van der Waals surface area (Å²) in [6.45, 7) is 4.30. The third kappa shape index (κ3) is 2.40. The van der Waals surface area contributed by atoms with Gasteiger partial charge in [-0.2, -0.15) is 5.26 Å². The molecule has 0 saturated carbocycles. The molecule has 0 aliphatic heterocycles. The molecular formula is C14H15N2P. The van der Waals surface area contributed by atoms with Crippen LogP contribution >= 0.6 is 7.53 Å². The van der Waals surface area contributed by atoms with Gasteiger partial charge in [-0.25, -0.2) is 0 Å². The number of pyridine rings is 1. The average molecular weight is 242 g/mol. The average Bonchev–Trinajstić information content (AvgIpc) is 2.64. The fraction of sp³-hybridized carbons (Fsp3) is 0.286. The Balaban J connectivity index is 2.48. The van der Waals surface area contributed by atoms with Gasteiger partial charge >= 0.3 is 0 Å². The lowest BCUT2D eigenvalue weighted by molar-refractivity contribution is 1.16. The normalized spacial score (nSPS) is 11.2. The molecule has 0 amide bonds. The molecule has 0 aliphatic rings. The van der Waals surface area contributed by atoms with E-state index in [-0.39, 0.29) is 7.53 Å². The summed E-state index contributed by atoms with van der Waals surface area (Å²) in [5, 5.41) is 10.1. The zero-order valence-corrected chi connectivity index (χ0v) is 11.0. The zero-order valence-electron chi connectivity index (χ0n) is 10.1. The Kier molecular flexibility index (Phi) is 3.61. The fourth-order valence-corrected chi connectivity index (χ4v) is 4.50. The van der Waals surface area contributed by atoms with E-state index in [2.05, 4.69) is 36.8 Å². The van der Waals surface area contributed by atoms with Crippen LogP contribution in [-0.2, 0) is 6.16 Å². The van der Waals surface area contributed by atoms with E-state index in [1.807, 2.05) is 18.3 Å². The number of aryl methyl sites for hydroxylation is 2. The molecular weight excluding hydrogens is 227 g/mol. The third-order valence-electron chi connectivity index (χ3n) is 2.96. The molecule has 0 spiro atoms. The fourth-order valence-electron chi connectivity index (χ4n) is 1.99. The number of nitrogens with zero attached hydrogens (tertiary/aromatic N) is 2. The first kappa shape index (κ1) is 11.9. The van der Waals surface area contributed by atoms with Gasteiger partial charge < -0.3 is 0 Å². The van der Waals surface area contributed by atoms with Crippen LogP contribution in [0.4, 0.5) is 0 Å². The zero-order chi connectivity index (χ0) is 12.3. The SMILES string of the molecule is Cc1cp(CCC#N)c(-c2ccccn2)c1C. The van der Waals surface area contributed by atoms with Gasteiger partial charge in [-0.05, 0) is 49.1 Å².